The number of nitrogens with zero attached hydrogens (tertiary/aromatic N) is 2. The van der Waals surface area contributed by atoms with Crippen molar-refractivity contribution in [2.75, 3.05) is 0 Å². The molecule has 3 heterocycles. The third-order valence-corrected chi connectivity index (χ3v) is 17.3. The predicted octanol–water partition coefficient (Wildman–Crippen LogP) is 11.7. The summed E-state index contributed by atoms with van der Waals surface area (Å²) < 4.78 is 11.2. The SMILES string of the molecule is c1ccc(-n2c3ccc(-c4ccc(-n5c6ccccc6c6cc([Si](c7ccccc7)(c7ccccc7)c7ccccc7)ccc65)cc4)cc3c3c4ccccc4oc32)cc1. The number of para-hydroxylation sites is 3. The van der Waals surface area contributed by atoms with E-state index in [-0.39, 0.29) is 0 Å². The van der Waals surface area contributed by atoms with Gasteiger partial charge in [-0.15, -0.1) is 0 Å². The number of fused-ring (bicyclic) bond motifs is 8. The van der Waals surface area contributed by atoms with Gasteiger partial charge in [-0.05, 0) is 86.5 Å². The van der Waals surface area contributed by atoms with E-state index in [0.29, 0.717) is 0 Å². The first-order valence-corrected chi connectivity index (χ1v) is 22.6. The maximum absolute atomic E-state index is 6.55. The first kappa shape index (κ1) is 34.4. The number of hydrogen-bond acceptors (Lipinski definition) is 1. The molecule has 0 unspecified atom stereocenters. The van der Waals surface area contributed by atoms with Crippen molar-refractivity contribution in [2.45, 2.75) is 0 Å². The van der Waals surface area contributed by atoms with E-state index in [9.17, 15) is 0 Å². The van der Waals surface area contributed by atoms with Crippen molar-refractivity contribution in [2.24, 2.45) is 0 Å². The molecule has 0 saturated carbocycles. The molecule has 12 rings (SSSR count). The second-order valence-electron chi connectivity index (χ2n) is 15.7. The van der Waals surface area contributed by atoms with Crippen LogP contribution < -0.4 is 20.7 Å². The average Bonchev–Trinajstić information content (AvgIpc) is 3.97. The number of furan rings is 1. The fraction of sp³-hybridized carbons (Fsp3) is 0. The Morgan fingerprint density at radius 3 is 1.48 bits per heavy atom. The summed E-state index contributed by atoms with van der Waals surface area (Å²) >= 11 is 0. The van der Waals surface area contributed by atoms with Crippen molar-refractivity contribution in [1.82, 2.24) is 9.13 Å². The van der Waals surface area contributed by atoms with Gasteiger partial charge >= 0.3 is 0 Å². The van der Waals surface area contributed by atoms with Crippen LogP contribution in [0.5, 0.6) is 0 Å². The standard InChI is InChI=1S/C56H38N2OSi/c1-5-17-41(18-6-1)58-53-35-31-40(37-50(53)55-48-26-14-16-28-54(48)59-56(55)58)39-29-32-42(33-30-39)57-51-27-15-13-25-47(51)49-38-46(34-36-52(49)57)60(43-19-7-2-8-20-43,44-21-9-3-10-22-44)45-23-11-4-12-24-45/h1-38H. The van der Waals surface area contributed by atoms with Crippen molar-refractivity contribution in [3.05, 3.63) is 231 Å². The molecule has 0 aliphatic heterocycles. The third-order valence-electron chi connectivity index (χ3n) is 12.5. The van der Waals surface area contributed by atoms with Gasteiger partial charge in [0, 0.05) is 32.9 Å². The van der Waals surface area contributed by atoms with Crippen molar-refractivity contribution < 1.29 is 4.42 Å². The molecule has 0 amide bonds. The molecule has 0 aliphatic rings. The molecule has 60 heavy (non-hydrogen) atoms. The second-order valence-corrected chi connectivity index (χ2v) is 19.5. The molecule has 282 valence electrons. The lowest BCUT2D eigenvalue weighted by Crippen LogP contribution is -2.74. The number of hydrogen-bond donors (Lipinski definition) is 0. The largest absolute Gasteiger partial charge is 0.439 e. The Balaban J connectivity index is 1.01. The molecule has 12 aromatic rings. The van der Waals surface area contributed by atoms with E-state index in [1.54, 1.807) is 0 Å². The van der Waals surface area contributed by atoms with E-state index in [4.69, 9.17) is 4.42 Å². The Hall–Kier alpha value is -7.66. The normalized spacial score (nSPS) is 12.0. The minimum Gasteiger partial charge on any atom is -0.439 e. The van der Waals surface area contributed by atoms with Crippen LogP contribution in [0.15, 0.2) is 235 Å². The fourth-order valence-corrected chi connectivity index (χ4v) is 14.6. The lowest BCUT2D eigenvalue weighted by atomic mass is 10.0. The summed E-state index contributed by atoms with van der Waals surface area (Å²) in [6, 6.07) is 84.4. The van der Waals surface area contributed by atoms with Crippen LogP contribution in [0.3, 0.4) is 0 Å². The molecule has 0 N–H and O–H groups in total. The van der Waals surface area contributed by atoms with E-state index in [0.717, 1.165) is 39.0 Å². The molecule has 4 heteroatoms. The van der Waals surface area contributed by atoms with Crippen LogP contribution in [0.25, 0.3) is 77.3 Å². The Morgan fingerprint density at radius 2 is 0.817 bits per heavy atom. The van der Waals surface area contributed by atoms with Gasteiger partial charge in [0.25, 0.3) is 0 Å². The molecule has 0 bridgehead atoms. The molecular formula is C56H38N2OSi. The van der Waals surface area contributed by atoms with Crippen LogP contribution in [0, 0.1) is 0 Å². The molecule has 9 aromatic carbocycles. The molecular weight excluding hydrogens is 745 g/mol. The summed E-state index contributed by atoms with van der Waals surface area (Å²) in [4.78, 5) is 0. The minimum absolute atomic E-state index is 0.871. The third kappa shape index (κ3) is 5.14. The van der Waals surface area contributed by atoms with Crippen molar-refractivity contribution >= 4 is 83.6 Å². The monoisotopic (exact) mass is 782 g/mol. The lowest BCUT2D eigenvalue weighted by molar-refractivity contribution is 0.645. The summed E-state index contributed by atoms with van der Waals surface area (Å²) in [6.45, 7) is 0. The smallest absolute Gasteiger partial charge is 0.213 e. The molecule has 3 nitrogen and oxygen atoms in total. The minimum atomic E-state index is -2.70. The van der Waals surface area contributed by atoms with Gasteiger partial charge in [-0.3, -0.25) is 4.57 Å². The van der Waals surface area contributed by atoms with Gasteiger partial charge in [-0.2, -0.15) is 0 Å². The topological polar surface area (TPSA) is 23.0 Å². The van der Waals surface area contributed by atoms with Crippen LogP contribution >= 0.6 is 0 Å². The van der Waals surface area contributed by atoms with Crippen LogP contribution in [0.1, 0.15) is 0 Å². The first-order valence-electron chi connectivity index (χ1n) is 20.6. The number of rotatable bonds is 7. The highest BCUT2D eigenvalue weighted by Crippen LogP contribution is 2.41. The van der Waals surface area contributed by atoms with Gasteiger partial charge in [0.1, 0.15) is 5.58 Å². The predicted molar refractivity (Wildman–Crippen MR) is 254 cm³/mol. The van der Waals surface area contributed by atoms with Crippen LogP contribution in [-0.2, 0) is 0 Å². The van der Waals surface area contributed by atoms with Crippen molar-refractivity contribution in [1.29, 1.82) is 0 Å². The zero-order valence-corrected chi connectivity index (χ0v) is 33.7. The quantitative estimate of drug-likeness (QED) is 0.117. The highest BCUT2D eigenvalue weighted by Gasteiger charge is 2.41. The van der Waals surface area contributed by atoms with Crippen LogP contribution in [-0.4, -0.2) is 17.2 Å². The maximum atomic E-state index is 6.55. The van der Waals surface area contributed by atoms with E-state index in [1.165, 1.54) is 59.1 Å². The Labute approximate surface area is 348 Å². The second kappa shape index (κ2) is 13.7. The van der Waals surface area contributed by atoms with Gasteiger partial charge in [0.15, 0.2) is 8.07 Å². The van der Waals surface area contributed by atoms with Gasteiger partial charge < -0.3 is 8.98 Å². The van der Waals surface area contributed by atoms with E-state index >= 15 is 0 Å². The number of aromatic nitrogens is 2. The molecule has 0 radical (unpaired) electrons. The highest BCUT2D eigenvalue weighted by atomic mass is 28.3. The van der Waals surface area contributed by atoms with Crippen LogP contribution in [0.2, 0.25) is 0 Å². The Kier molecular flexibility index (Phi) is 7.87. The Morgan fingerprint density at radius 1 is 0.317 bits per heavy atom. The molecule has 0 spiro atoms. The molecule has 0 aliphatic carbocycles. The lowest BCUT2D eigenvalue weighted by Gasteiger charge is -2.34. The number of benzene rings is 9. The Bertz CT molecular complexity index is 3420. The van der Waals surface area contributed by atoms with E-state index in [1.807, 2.05) is 6.07 Å². The maximum Gasteiger partial charge on any atom is 0.213 e. The summed E-state index contributed by atoms with van der Waals surface area (Å²) in [5.41, 5.74) is 9.85. The zero-order valence-electron chi connectivity index (χ0n) is 32.7. The highest BCUT2D eigenvalue weighted by molar-refractivity contribution is 7.20. The van der Waals surface area contributed by atoms with Crippen molar-refractivity contribution in [3.63, 3.8) is 0 Å². The molecule has 3 aromatic heterocycles. The van der Waals surface area contributed by atoms with Gasteiger partial charge in [0.2, 0.25) is 5.71 Å². The zero-order chi connectivity index (χ0) is 39.6. The summed E-state index contributed by atoms with van der Waals surface area (Å²) in [7, 11) is -2.70. The summed E-state index contributed by atoms with van der Waals surface area (Å²) in [5.74, 6) is 0. The van der Waals surface area contributed by atoms with Crippen molar-refractivity contribution in [3.8, 4) is 22.5 Å². The van der Waals surface area contributed by atoms with E-state index < -0.39 is 8.07 Å². The first-order chi connectivity index (χ1) is 29.8. The average molecular weight is 783 g/mol. The molecule has 0 fully saturated rings. The van der Waals surface area contributed by atoms with Crippen LogP contribution in [0.4, 0.5) is 0 Å². The molecule has 0 saturated heterocycles. The fourth-order valence-electron chi connectivity index (χ4n) is 9.86. The van der Waals surface area contributed by atoms with Gasteiger partial charge in [-0.25, -0.2) is 0 Å². The summed E-state index contributed by atoms with van der Waals surface area (Å²) in [5, 5.41) is 11.5. The van der Waals surface area contributed by atoms with Gasteiger partial charge in [0.05, 0.1) is 21.9 Å². The van der Waals surface area contributed by atoms with Gasteiger partial charge in [-0.1, -0.05) is 176 Å². The molecule has 0 atom stereocenters. The van der Waals surface area contributed by atoms with E-state index in [2.05, 4.69) is 234 Å². The summed E-state index contributed by atoms with van der Waals surface area (Å²) in [6.07, 6.45) is 0.